The molecule has 1 fully saturated rings. The lowest BCUT2D eigenvalue weighted by molar-refractivity contribution is 0.0251. The third kappa shape index (κ3) is 3.55. The topological polar surface area (TPSA) is 34.1 Å². The molecule has 0 aliphatic carbocycles. The molecule has 15 heavy (non-hydrogen) atoms. The van der Waals surface area contributed by atoms with Gasteiger partial charge in [-0.25, -0.2) is 4.98 Å². The molecule has 0 radical (unpaired) electrons. The first-order valence-corrected chi connectivity index (χ1v) is 6.06. The summed E-state index contributed by atoms with van der Waals surface area (Å²) in [6.07, 6.45) is 4.59. The number of nitrogens with one attached hydrogen (secondary N) is 1. The van der Waals surface area contributed by atoms with Crippen LogP contribution in [-0.2, 0) is 11.3 Å². The maximum atomic E-state index is 5.79. The molecule has 1 atom stereocenters. The second-order valence-electron chi connectivity index (χ2n) is 3.77. The predicted octanol–water partition coefficient (Wildman–Crippen LogP) is 2.11. The molecule has 3 nitrogen and oxygen atoms in total. The molecule has 2 heterocycles. The largest absolute Gasteiger partial charge is 0.372 e. The molecule has 1 N–H and O–H groups in total. The van der Waals surface area contributed by atoms with Crippen molar-refractivity contribution in [3.05, 3.63) is 28.5 Å². The van der Waals surface area contributed by atoms with Gasteiger partial charge in [-0.1, -0.05) is 6.07 Å². The van der Waals surface area contributed by atoms with Crippen LogP contribution in [0.2, 0.25) is 0 Å². The number of piperidine rings is 1. The Hall–Kier alpha value is -0.450. The Kier molecular flexibility index (Phi) is 4.11. The zero-order chi connectivity index (χ0) is 10.5. The molecule has 0 amide bonds. The fourth-order valence-electron chi connectivity index (χ4n) is 1.67. The minimum Gasteiger partial charge on any atom is -0.372 e. The number of aromatic nitrogens is 1. The van der Waals surface area contributed by atoms with Crippen molar-refractivity contribution >= 4 is 15.9 Å². The smallest absolute Gasteiger partial charge is 0.106 e. The first-order valence-electron chi connectivity index (χ1n) is 5.27. The summed E-state index contributed by atoms with van der Waals surface area (Å²) in [6.45, 7) is 2.76. The molecule has 1 saturated heterocycles. The van der Waals surface area contributed by atoms with Crippen molar-refractivity contribution in [3.63, 3.8) is 0 Å². The Labute approximate surface area is 98.4 Å². The van der Waals surface area contributed by atoms with Crippen LogP contribution in [0, 0.1) is 0 Å². The van der Waals surface area contributed by atoms with E-state index >= 15 is 0 Å². The molecule has 1 aliphatic heterocycles. The highest BCUT2D eigenvalue weighted by Crippen LogP contribution is 2.11. The highest BCUT2D eigenvalue weighted by atomic mass is 79.9. The van der Waals surface area contributed by atoms with E-state index in [1.54, 1.807) is 0 Å². The van der Waals surface area contributed by atoms with Crippen molar-refractivity contribution in [3.8, 4) is 0 Å². The molecule has 4 heteroatoms. The average Bonchev–Trinajstić information content (AvgIpc) is 2.30. The van der Waals surface area contributed by atoms with E-state index in [1.807, 2.05) is 18.3 Å². The Balaban J connectivity index is 1.79. The van der Waals surface area contributed by atoms with Gasteiger partial charge in [-0.2, -0.15) is 0 Å². The van der Waals surface area contributed by atoms with E-state index in [0.717, 1.165) is 29.7 Å². The zero-order valence-corrected chi connectivity index (χ0v) is 10.2. The lowest BCUT2D eigenvalue weighted by Gasteiger charge is -2.22. The van der Waals surface area contributed by atoms with Crippen LogP contribution in [0.3, 0.4) is 0 Å². The maximum Gasteiger partial charge on any atom is 0.106 e. The maximum absolute atomic E-state index is 5.79. The van der Waals surface area contributed by atoms with Crippen LogP contribution in [-0.4, -0.2) is 24.2 Å². The van der Waals surface area contributed by atoms with Gasteiger partial charge in [0, 0.05) is 12.7 Å². The number of hydrogen-bond donors (Lipinski definition) is 1. The van der Waals surface area contributed by atoms with Gasteiger partial charge < -0.3 is 10.1 Å². The second-order valence-corrected chi connectivity index (χ2v) is 4.58. The number of rotatable bonds is 3. The number of pyridine rings is 1. The normalized spacial score (nSPS) is 21.5. The van der Waals surface area contributed by atoms with E-state index in [4.69, 9.17) is 4.74 Å². The Morgan fingerprint density at radius 3 is 3.13 bits per heavy atom. The monoisotopic (exact) mass is 270 g/mol. The van der Waals surface area contributed by atoms with E-state index in [-0.39, 0.29) is 0 Å². The van der Waals surface area contributed by atoms with E-state index < -0.39 is 0 Å². The number of hydrogen-bond acceptors (Lipinski definition) is 3. The molecule has 1 aliphatic rings. The molecule has 1 aromatic rings. The van der Waals surface area contributed by atoms with Gasteiger partial charge in [0.2, 0.25) is 0 Å². The molecule has 2 rings (SSSR count). The summed E-state index contributed by atoms with van der Waals surface area (Å²) < 4.78 is 6.66. The summed E-state index contributed by atoms with van der Waals surface area (Å²) in [6, 6.07) is 3.98. The van der Waals surface area contributed by atoms with Gasteiger partial charge in [-0.3, -0.25) is 0 Å². The SMILES string of the molecule is Brc1ccc(CO[C@@H]2CCCNC2)cn1. The fourth-order valence-corrected chi connectivity index (χ4v) is 1.90. The third-order valence-corrected chi connectivity index (χ3v) is 3.00. The Morgan fingerprint density at radius 2 is 2.47 bits per heavy atom. The fraction of sp³-hybridized carbons (Fsp3) is 0.545. The lowest BCUT2D eigenvalue weighted by Crippen LogP contribution is -2.35. The average molecular weight is 271 g/mol. The number of nitrogens with zero attached hydrogens (tertiary/aromatic N) is 1. The number of ether oxygens (including phenoxy) is 1. The summed E-state index contributed by atoms with van der Waals surface area (Å²) in [7, 11) is 0. The van der Waals surface area contributed by atoms with Gasteiger partial charge in [-0.05, 0) is 46.9 Å². The molecule has 0 unspecified atom stereocenters. The van der Waals surface area contributed by atoms with Crippen molar-refractivity contribution in [1.82, 2.24) is 10.3 Å². The van der Waals surface area contributed by atoms with Crippen LogP contribution in [0.5, 0.6) is 0 Å². The minimum atomic E-state index is 0.363. The van der Waals surface area contributed by atoms with E-state index in [0.29, 0.717) is 12.7 Å². The molecule has 0 saturated carbocycles. The van der Waals surface area contributed by atoms with Crippen molar-refractivity contribution in [2.45, 2.75) is 25.6 Å². The van der Waals surface area contributed by atoms with Crippen LogP contribution >= 0.6 is 15.9 Å². The molecular weight excluding hydrogens is 256 g/mol. The Morgan fingerprint density at radius 1 is 1.53 bits per heavy atom. The van der Waals surface area contributed by atoms with Crippen LogP contribution in [0.4, 0.5) is 0 Å². The molecule has 82 valence electrons. The summed E-state index contributed by atoms with van der Waals surface area (Å²) in [4.78, 5) is 4.16. The first-order chi connectivity index (χ1) is 7.34. The molecule has 0 spiro atoms. The number of halogens is 1. The van der Waals surface area contributed by atoms with Crippen LogP contribution in [0.25, 0.3) is 0 Å². The van der Waals surface area contributed by atoms with Crippen LogP contribution < -0.4 is 5.32 Å². The quantitative estimate of drug-likeness (QED) is 0.855. The summed E-state index contributed by atoms with van der Waals surface area (Å²) in [5.74, 6) is 0. The lowest BCUT2D eigenvalue weighted by atomic mass is 10.1. The highest BCUT2D eigenvalue weighted by molar-refractivity contribution is 9.10. The highest BCUT2D eigenvalue weighted by Gasteiger charge is 2.12. The molecular formula is C11H15BrN2O. The molecule has 0 bridgehead atoms. The molecule has 1 aromatic heterocycles. The minimum absolute atomic E-state index is 0.363. The van der Waals surface area contributed by atoms with Crippen molar-refractivity contribution in [2.75, 3.05) is 13.1 Å². The van der Waals surface area contributed by atoms with Gasteiger partial charge in [0.05, 0.1) is 12.7 Å². The van der Waals surface area contributed by atoms with Gasteiger partial charge >= 0.3 is 0 Å². The Bertz CT molecular complexity index is 296. The van der Waals surface area contributed by atoms with Gasteiger partial charge in [-0.15, -0.1) is 0 Å². The standard InChI is InChI=1S/C11H15BrN2O/c12-11-4-3-9(6-14-11)8-15-10-2-1-5-13-7-10/h3-4,6,10,13H,1-2,5,7-8H2/t10-/m1/s1. The van der Waals surface area contributed by atoms with Crippen LogP contribution in [0.15, 0.2) is 22.9 Å². The van der Waals surface area contributed by atoms with Crippen LogP contribution in [0.1, 0.15) is 18.4 Å². The van der Waals surface area contributed by atoms with Crippen molar-refractivity contribution < 1.29 is 4.74 Å². The third-order valence-electron chi connectivity index (χ3n) is 2.53. The van der Waals surface area contributed by atoms with Gasteiger partial charge in [0.15, 0.2) is 0 Å². The van der Waals surface area contributed by atoms with E-state index in [9.17, 15) is 0 Å². The summed E-state index contributed by atoms with van der Waals surface area (Å²) in [5.41, 5.74) is 1.13. The summed E-state index contributed by atoms with van der Waals surface area (Å²) in [5, 5.41) is 3.33. The van der Waals surface area contributed by atoms with Crippen molar-refractivity contribution in [1.29, 1.82) is 0 Å². The van der Waals surface area contributed by atoms with Gasteiger partial charge in [0.1, 0.15) is 4.60 Å². The zero-order valence-electron chi connectivity index (χ0n) is 8.58. The predicted molar refractivity (Wildman–Crippen MR) is 62.6 cm³/mol. The second kappa shape index (κ2) is 5.58. The molecule has 0 aromatic carbocycles. The van der Waals surface area contributed by atoms with E-state index in [1.165, 1.54) is 6.42 Å². The van der Waals surface area contributed by atoms with E-state index in [2.05, 4.69) is 26.2 Å². The van der Waals surface area contributed by atoms with Crippen molar-refractivity contribution in [2.24, 2.45) is 0 Å². The summed E-state index contributed by atoms with van der Waals surface area (Å²) >= 11 is 3.31. The van der Waals surface area contributed by atoms with Gasteiger partial charge in [0.25, 0.3) is 0 Å². The first kappa shape index (κ1) is 11.0.